The highest BCUT2D eigenvalue weighted by Gasteiger charge is 2.28. The minimum atomic E-state index is -0.815. The van der Waals surface area contributed by atoms with Gasteiger partial charge in [-0.25, -0.2) is 0 Å². The Morgan fingerprint density at radius 1 is 1.15 bits per heavy atom. The molecule has 1 aliphatic rings. The lowest BCUT2D eigenvalue weighted by Crippen LogP contribution is -2.45. The van der Waals surface area contributed by atoms with E-state index in [0.717, 1.165) is 16.5 Å². The highest BCUT2D eigenvalue weighted by atomic mass is 16.4. The van der Waals surface area contributed by atoms with Gasteiger partial charge in [0.05, 0.1) is 12.5 Å². The maximum absolute atomic E-state index is 12.6. The molecule has 0 spiro atoms. The summed E-state index contributed by atoms with van der Waals surface area (Å²) in [7, 11) is 1.56. The number of carboxylic acid groups (broad SMARTS) is 1. The van der Waals surface area contributed by atoms with Gasteiger partial charge in [-0.2, -0.15) is 0 Å². The minimum absolute atomic E-state index is 0.0638. The van der Waals surface area contributed by atoms with Gasteiger partial charge in [-0.1, -0.05) is 0 Å². The van der Waals surface area contributed by atoms with E-state index in [2.05, 4.69) is 0 Å². The third-order valence-electron chi connectivity index (χ3n) is 5.26. The second-order valence-electron chi connectivity index (χ2n) is 7.24. The molecular formula is C20H24N2O5. The van der Waals surface area contributed by atoms with Crippen molar-refractivity contribution in [3.63, 3.8) is 0 Å². The molecule has 1 N–H and O–H groups in total. The first-order chi connectivity index (χ1) is 12.8. The zero-order chi connectivity index (χ0) is 19.7. The molecule has 0 atom stereocenters. The number of carboxylic acids is 1. The lowest BCUT2D eigenvalue weighted by atomic mass is 9.97. The number of amides is 2. The van der Waals surface area contributed by atoms with Crippen molar-refractivity contribution in [2.45, 2.75) is 26.7 Å². The Labute approximate surface area is 157 Å². The normalized spacial score (nSPS) is 15.1. The van der Waals surface area contributed by atoms with Crippen LogP contribution >= 0.6 is 0 Å². The number of carbonyl (C=O) groups excluding carboxylic acids is 2. The smallest absolute Gasteiger partial charge is 0.306 e. The molecule has 7 heteroatoms. The lowest BCUT2D eigenvalue weighted by molar-refractivity contribution is -0.145. The Bertz CT molecular complexity index is 854. The fraction of sp³-hybridized carbons (Fsp3) is 0.450. The summed E-state index contributed by atoms with van der Waals surface area (Å²) in [4.78, 5) is 39.0. The summed E-state index contributed by atoms with van der Waals surface area (Å²) in [5.41, 5.74) is 2.86. The first kappa shape index (κ1) is 18.9. The third-order valence-corrected chi connectivity index (χ3v) is 5.26. The molecule has 0 radical (unpaired) electrons. The molecule has 3 rings (SSSR count). The van der Waals surface area contributed by atoms with Crippen molar-refractivity contribution in [3.8, 4) is 0 Å². The fourth-order valence-corrected chi connectivity index (χ4v) is 3.35. The molecule has 2 heterocycles. The average molecular weight is 372 g/mol. The Morgan fingerprint density at radius 3 is 2.41 bits per heavy atom. The predicted molar refractivity (Wildman–Crippen MR) is 99.6 cm³/mol. The van der Waals surface area contributed by atoms with Crippen molar-refractivity contribution in [1.82, 2.24) is 9.80 Å². The molecule has 1 aromatic carbocycles. The molecule has 1 fully saturated rings. The van der Waals surface area contributed by atoms with Gasteiger partial charge >= 0.3 is 5.97 Å². The number of likely N-dealkylation sites (tertiary alicyclic amines) is 1. The number of hydrogen-bond donors (Lipinski definition) is 1. The zero-order valence-corrected chi connectivity index (χ0v) is 15.8. The molecule has 7 nitrogen and oxygen atoms in total. The van der Waals surface area contributed by atoms with E-state index < -0.39 is 11.9 Å². The summed E-state index contributed by atoms with van der Waals surface area (Å²) in [6.45, 7) is 4.73. The maximum atomic E-state index is 12.6. The van der Waals surface area contributed by atoms with Crippen molar-refractivity contribution in [2.75, 3.05) is 26.7 Å². The van der Waals surface area contributed by atoms with Gasteiger partial charge in [-0.15, -0.1) is 0 Å². The van der Waals surface area contributed by atoms with Crippen LogP contribution in [-0.4, -0.2) is 59.4 Å². The Hall–Kier alpha value is -2.83. The standard InChI is InChI=1S/C20H24N2O5/c1-12-8-15-10-17(27-16(15)9-13(12)2)19(24)21(3)11-18(23)22-6-4-14(5-7-22)20(25)26/h8-10,14H,4-7,11H2,1-3H3,(H,25,26). The molecular weight excluding hydrogens is 348 g/mol. The van der Waals surface area contributed by atoms with Gasteiger partial charge in [0.1, 0.15) is 5.58 Å². The molecule has 144 valence electrons. The molecule has 2 aromatic rings. The number of nitrogens with zero attached hydrogens (tertiary/aromatic N) is 2. The van der Waals surface area contributed by atoms with Crippen LogP contribution in [0.1, 0.15) is 34.5 Å². The number of hydrogen-bond acceptors (Lipinski definition) is 4. The fourth-order valence-electron chi connectivity index (χ4n) is 3.35. The highest BCUT2D eigenvalue weighted by molar-refractivity contribution is 5.98. The number of furan rings is 1. The molecule has 0 aliphatic carbocycles. The average Bonchev–Trinajstić information content (AvgIpc) is 3.04. The number of carbonyl (C=O) groups is 3. The van der Waals surface area contributed by atoms with E-state index in [4.69, 9.17) is 9.52 Å². The second kappa shape index (κ2) is 7.42. The van der Waals surface area contributed by atoms with E-state index in [9.17, 15) is 14.4 Å². The number of piperidine rings is 1. The van der Waals surface area contributed by atoms with Crippen LogP contribution in [0.4, 0.5) is 0 Å². The predicted octanol–water partition coefficient (Wildman–Crippen LogP) is 2.44. The van der Waals surface area contributed by atoms with Crippen molar-refractivity contribution in [3.05, 3.63) is 35.1 Å². The quantitative estimate of drug-likeness (QED) is 0.890. The van der Waals surface area contributed by atoms with Crippen LogP contribution in [0.25, 0.3) is 11.0 Å². The van der Waals surface area contributed by atoms with Crippen LogP contribution in [0.15, 0.2) is 22.6 Å². The SMILES string of the molecule is Cc1cc2cc(C(=O)N(C)CC(=O)N3CCC(C(=O)O)CC3)oc2cc1C. The summed E-state index contributed by atoms with van der Waals surface area (Å²) in [6, 6.07) is 5.57. The van der Waals surface area contributed by atoms with Gasteiger partial charge in [-0.05, 0) is 56.0 Å². The molecule has 2 amide bonds. The van der Waals surface area contributed by atoms with E-state index in [0.29, 0.717) is 31.5 Å². The monoisotopic (exact) mass is 372 g/mol. The Morgan fingerprint density at radius 2 is 1.78 bits per heavy atom. The zero-order valence-electron chi connectivity index (χ0n) is 15.8. The largest absolute Gasteiger partial charge is 0.481 e. The molecule has 1 aromatic heterocycles. The molecule has 0 unspecified atom stereocenters. The first-order valence-corrected chi connectivity index (χ1v) is 9.03. The van der Waals surface area contributed by atoms with E-state index in [-0.39, 0.29) is 24.1 Å². The summed E-state index contributed by atoms with van der Waals surface area (Å²) < 4.78 is 5.67. The highest BCUT2D eigenvalue weighted by Crippen LogP contribution is 2.24. The third kappa shape index (κ3) is 3.97. The topological polar surface area (TPSA) is 91.1 Å². The van der Waals surface area contributed by atoms with Gasteiger partial charge in [0.25, 0.3) is 5.91 Å². The van der Waals surface area contributed by atoms with E-state index in [1.54, 1.807) is 18.0 Å². The van der Waals surface area contributed by atoms with E-state index in [1.807, 2.05) is 26.0 Å². The molecule has 0 saturated carbocycles. The molecule has 1 saturated heterocycles. The van der Waals surface area contributed by atoms with E-state index >= 15 is 0 Å². The molecule has 27 heavy (non-hydrogen) atoms. The Balaban J connectivity index is 1.64. The number of likely N-dealkylation sites (N-methyl/N-ethyl adjacent to an activating group) is 1. The van der Waals surface area contributed by atoms with Crippen LogP contribution < -0.4 is 0 Å². The molecule has 1 aliphatic heterocycles. The molecule has 0 bridgehead atoms. The van der Waals surface area contributed by atoms with Crippen molar-refractivity contribution < 1.29 is 23.9 Å². The van der Waals surface area contributed by atoms with Crippen LogP contribution in [0.3, 0.4) is 0 Å². The van der Waals surface area contributed by atoms with Crippen LogP contribution in [0.5, 0.6) is 0 Å². The summed E-state index contributed by atoms with van der Waals surface area (Å²) >= 11 is 0. The lowest BCUT2D eigenvalue weighted by Gasteiger charge is -2.31. The van der Waals surface area contributed by atoms with Gasteiger partial charge in [0.2, 0.25) is 5.91 Å². The number of fused-ring (bicyclic) bond motifs is 1. The first-order valence-electron chi connectivity index (χ1n) is 9.03. The van der Waals surface area contributed by atoms with Crippen molar-refractivity contribution in [1.29, 1.82) is 0 Å². The second-order valence-corrected chi connectivity index (χ2v) is 7.24. The van der Waals surface area contributed by atoms with Gasteiger partial charge in [-0.3, -0.25) is 14.4 Å². The van der Waals surface area contributed by atoms with Crippen LogP contribution in [0.2, 0.25) is 0 Å². The van der Waals surface area contributed by atoms with E-state index in [1.165, 1.54) is 4.90 Å². The summed E-state index contributed by atoms with van der Waals surface area (Å²) in [6.07, 6.45) is 0.891. The van der Waals surface area contributed by atoms with Crippen molar-refractivity contribution >= 4 is 28.8 Å². The minimum Gasteiger partial charge on any atom is -0.481 e. The van der Waals surface area contributed by atoms with Crippen molar-refractivity contribution in [2.24, 2.45) is 5.92 Å². The van der Waals surface area contributed by atoms with Crippen LogP contribution in [-0.2, 0) is 9.59 Å². The Kier molecular flexibility index (Phi) is 5.21. The number of aryl methyl sites for hydroxylation is 2. The van der Waals surface area contributed by atoms with Gasteiger partial charge in [0.15, 0.2) is 5.76 Å². The number of aliphatic carboxylic acids is 1. The summed E-state index contributed by atoms with van der Waals surface area (Å²) in [5, 5.41) is 9.89. The van der Waals surface area contributed by atoms with Crippen LogP contribution in [0, 0.1) is 19.8 Å². The van der Waals surface area contributed by atoms with Gasteiger partial charge in [0, 0.05) is 25.5 Å². The number of benzene rings is 1. The maximum Gasteiger partial charge on any atom is 0.306 e. The summed E-state index contributed by atoms with van der Waals surface area (Å²) in [5.74, 6) is -1.54. The number of rotatable bonds is 4. The van der Waals surface area contributed by atoms with Gasteiger partial charge < -0.3 is 19.3 Å².